The number of hydrogen-bond acceptors (Lipinski definition) is 2. The van der Waals surface area contributed by atoms with Crippen LogP contribution in [0.15, 0.2) is 33.7 Å². The topological polar surface area (TPSA) is 38.7 Å². The van der Waals surface area contributed by atoms with Crippen molar-refractivity contribution in [3.8, 4) is 0 Å². The molecule has 86 valence electrons. The lowest BCUT2D eigenvalue weighted by Gasteiger charge is -2.17. The third-order valence-corrected chi connectivity index (χ3v) is 2.33. The average molecular weight is 284 g/mol. The van der Waals surface area contributed by atoms with Gasteiger partial charge >= 0.3 is 6.09 Å². The van der Waals surface area contributed by atoms with Crippen LogP contribution in [0.3, 0.4) is 0 Å². The molecule has 0 saturated heterocycles. The zero-order chi connectivity index (χ0) is 12.2. The second-order valence-electron chi connectivity index (χ2n) is 4.26. The lowest BCUT2D eigenvalue weighted by atomic mass is 10.2. The summed E-state index contributed by atoms with van der Waals surface area (Å²) in [6.07, 6.45) is 0.904. The summed E-state index contributed by atoms with van der Waals surface area (Å²) in [6, 6.07) is 7.52. The quantitative estimate of drug-likeness (QED) is 0.736. The van der Waals surface area contributed by atoms with E-state index in [1.54, 1.807) is 20.8 Å². The summed E-state index contributed by atoms with van der Waals surface area (Å²) in [4.78, 5) is 15.0. The minimum atomic E-state index is -0.580. The lowest BCUT2D eigenvalue weighted by molar-refractivity contribution is 0.0605. The van der Waals surface area contributed by atoms with Crippen molar-refractivity contribution in [2.24, 2.45) is 4.99 Å². The molecular formula is C12H14BrNO2. The summed E-state index contributed by atoms with van der Waals surface area (Å²) in [5.74, 6) is 0. The van der Waals surface area contributed by atoms with Gasteiger partial charge in [0.2, 0.25) is 0 Å². The van der Waals surface area contributed by atoms with E-state index in [1.807, 2.05) is 24.3 Å². The van der Waals surface area contributed by atoms with Crippen molar-refractivity contribution in [1.82, 2.24) is 0 Å². The number of amides is 1. The van der Waals surface area contributed by atoms with Crippen LogP contribution < -0.4 is 0 Å². The molecule has 0 fully saturated rings. The molecule has 3 nitrogen and oxygen atoms in total. The van der Waals surface area contributed by atoms with Gasteiger partial charge in [-0.15, -0.1) is 0 Å². The monoisotopic (exact) mass is 283 g/mol. The van der Waals surface area contributed by atoms with E-state index in [0.717, 1.165) is 10.0 Å². The maximum Gasteiger partial charge on any atom is 0.434 e. The minimum absolute atomic E-state index is 0.512. The Balaban J connectivity index is 2.68. The molecule has 4 heteroatoms. The van der Waals surface area contributed by atoms with Crippen LogP contribution in [0.1, 0.15) is 26.3 Å². The predicted molar refractivity (Wildman–Crippen MR) is 68.0 cm³/mol. The van der Waals surface area contributed by atoms with Gasteiger partial charge in [0, 0.05) is 16.3 Å². The highest BCUT2D eigenvalue weighted by atomic mass is 79.9. The van der Waals surface area contributed by atoms with Crippen LogP contribution in [0.2, 0.25) is 0 Å². The standard InChI is InChI=1S/C12H14BrNO2/c1-12(2,3)16-11(15)14-8-9-6-4-5-7-10(9)13/h4-8H,1-3H3/b14-8+. The van der Waals surface area contributed by atoms with Crippen molar-refractivity contribution >= 4 is 28.2 Å². The SMILES string of the molecule is CC(C)(C)OC(=O)/N=C/c1ccccc1Br. The van der Waals surface area contributed by atoms with Gasteiger partial charge in [-0.1, -0.05) is 34.1 Å². The zero-order valence-corrected chi connectivity index (χ0v) is 11.1. The molecule has 0 aliphatic rings. The van der Waals surface area contributed by atoms with Crippen LogP contribution >= 0.6 is 15.9 Å². The van der Waals surface area contributed by atoms with Crippen molar-refractivity contribution in [1.29, 1.82) is 0 Å². The second kappa shape index (κ2) is 5.25. The van der Waals surface area contributed by atoms with Gasteiger partial charge in [0.15, 0.2) is 0 Å². The summed E-state index contributed by atoms with van der Waals surface area (Å²) >= 11 is 3.36. The first-order valence-corrected chi connectivity index (χ1v) is 5.69. The van der Waals surface area contributed by atoms with Crippen LogP contribution in [0.25, 0.3) is 0 Å². The van der Waals surface area contributed by atoms with E-state index in [4.69, 9.17) is 4.74 Å². The van der Waals surface area contributed by atoms with Crippen molar-refractivity contribution in [3.63, 3.8) is 0 Å². The van der Waals surface area contributed by atoms with Crippen LogP contribution in [-0.2, 0) is 4.74 Å². The molecule has 0 radical (unpaired) electrons. The summed E-state index contributed by atoms with van der Waals surface area (Å²) in [5.41, 5.74) is 0.330. The Morgan fingerprint density at radius 2 is 2.00 bits per heavy atom. The molecule has 0 atom stereocenters. The fourth-order valence-electron chi connectivity index (χ4n) is 0.990. The van der Waals surface area contributed by atoms with Gasteiger partial charge in [-0.25, -0.2) is 4.79 Å². The molecule has 0 aliphatic carbocycles. The first kappa shape index (κ1) is 12.9. The summed E-state index contributed by atoms with van der Waals surface area (Å²) in [5, 5.41) is 0. The number of ether oxygens (including phenoxy) is 1. The van der Waals surface area contributed by atoms with Gasteiger partial charge in [-0.2, -0.15) is 4.99 Å². The predicted octanol–water partition coefficient (Wildman–Crippen LogP) is 3.80. The number of rotatable bonds is 1. The van der Waals surface area contributed by atoms with E-state index in [2.05, 4.69) is 20.9 Å². The molecule has 1 amide bonds. The van der Waals surface area contributed by atoms with Gasteiger partial charge in [-0.05, 0) is 26.8 Å². The van der Waals surface area contributed by atoms with Crippen LogP contribution in [0.5, 0.6) is 0 Å². The number of hydrogen-bond donors (Lipinski definition) is 0. The number of aliphatic imine (C=N–C) groups is 1. The molecule has 1 aromatic rings. The average Bonchev–Trinajstić information content (AvgIpc) is 2.14. The second-order valence-corrected chi connectivity index (χ2v) is 5.11. The maximum atomic E-state index is 11.3. The van der Waals surface area contributed by atoms with E-state index in [0.29, 0.717) is 0 Å². The van der Waals surface area contributed by atoms with Gasteiger partial charge in [0.05, 0.1) is 0 Å². The van der Waals surface area contributed by atoms with E-state index in [1.165, 1.54) is 6.21 Å². The fraction of sp³-hybridized carbons (Fsp3) is 0.333. The van der Waals surface area contributed by atoms with Crippen molar-refractivity contribution < 1.29 is 9.53 Å². The van der Waals surface area contributed by atoms with Gasteiger partial charge in [0.25, 0.3) is 0 Å². The number of carbonyl (C=O) groups is 1. The van der Waals surface area contributed by atoms with E-state index >= 15 is 0 Å². The molecule has 1 aromatic carbocycles. The van der Waals surface area contributed by atoms with Crippen molar-refractivity contribution in [3.05, 3.63) is 34.3 Å². The Kier molecular flexibility index (Phi) is 4.24. The summed E-state index contributed by atoms with van der Waals surface area (Å²) in [6.45, 7) is 5.41. The molecule has 0 N–H and O–H groups in total. The summed E-state index contributed by atoms with van der Waals surface area (Å²) in [7, 11) is 0. The number of halogens is 1. The maximum absolute atomic E-state index is 11.3. The number of carbonyl (C=O) groups excluding carboxylic acids is 1. The van der Waals surface area contributed by atoms with E-state index < -0.39 is 11.7 Å². The third kappa shape index (κ3) is 4.57. The first-order valence-electron chi connectivity index (χ1n) is 4.90. The zero-order valence-electron chi connectivity index (χ0n) is 9.53. The van der Waals surface area contributed by atoms with Crippen LogP contribution in [-0.4, -0.2) is 17.9 Å². The Morgan fingerprint density at radius 3 is 2.56 bits per heavy atom. The molecule has 0 bridgehead atoms. The largest absolute Gasteiger partial charge is 0.442 e. The molecular weight excluding hydrogens is 270 g/mol. The molecule has 0 aromatic heterocycles. The van der Waals surface area contributed by atoms with Gasteiger partial charge < -0.3 is 4.74 Å². The Bertz CT molecular complexity index is 408. The molecule has 1 rings (SSSR count). The van der Waals surface area contributed by atoms with Crippen molar-refractivity contribution in [2.45, 2.75) is 26.4 Å². The van der Waals surface area contributed by atoms with E-state index in [9.17, 15) is 4.79 Å². The Hall–Kier alpha value is -1.16. The molecule has 16 heavy (non-hydrogen) atoms. The highest BCUT2D eigenvalue weighted by molar-refractivity contribution is 9.10. The molecule has 0 heterocycles. The van der Waals surface area contributed by atoms with Gasteiger partial charge in [0.1, 0.15) is 5.60 Å². The molecule has 0 spiro atoms. The Morgan fingerprint density at radius 1 is 1.38 bits per heavy atom. The highest BCUT2D eigenvalue weighted by Crippen LogP contribution is 2.14. The van der Waals surface area contributed by atoms with Crippen LogP contribution in [0, 0.1) is 0 Å². The molecule has 0 saturated carbocycles. The number of benzene rings is 1. The van der Waals surface area contributed by atoms with E-state index in [-0.39, 0.29) is 0 Å². The first-order chi connectivity index (χ1) is 7.38. The minimum Gasteiger partial charge on any atom is -0.442 e. The smallest absolute Gasteiger partial charge is 0.434 e. The third-order valence-electron chi connectivity index (χ3n) is 1.61. The van der Waals surface area contributed by atoms with Gasteiger partial charge in [-0.3, -0.25) is 0 Å². The molecule has 0 unspecified atom stereocenters. The highest BCUT2D eigenvalue weighted by Gasteiger charge is 2.14. The Labute approximate surface area is 104 Å². The number of nitrogens with zero attached hydrogens (tertiary/aromatic N) is 1. The fourth-order valence-corrected chi connectivity index (χ4v) is 1.38. The molecule has 0 aliphatic heterocycles. The van der Waals surface area contributed by atoms with Crippen LogP contribution in [0.4, 0.5) is 4.79 Å². The lowest BCUT2D eigenvalue weighted by Crippen LogP contribution is -2.21. The van der Waals surface area contributed by atoms with Crippen molar-refractivity contribution in [2.75, 3.05) is 0 Å². The normalized spacial score (nSPS) is 11.8. The summed E-state index contributed by atoms with van der Waals surface area (Å²) < 4.78 is 5.94.